The molecule has 0 spiro atoms. The van der Waals surface area contributed by atoms with Crippen molar-refractivity contribution in [1.82, 2.24) is 39.7 Å². The molecule has 1 aliphatic rings. The maximum Gasteiger partial charge on any atom is 0.276 e. The topological polar surface area (TPSA) is 244 Å². The lowest BCUT2D eigenvalue weighted by molar-refractivity contribution is 0.0941. The van der Waals surface area contributed by atoms with Crippen molar-refractivity contribution >= 4 is 59.1 Å². The number of carbonyl (C=O) groups is 4. The molecule has 0 unspecified atom stereocenters. The van der Waals surface area contributed by atoms with Crippen molar-refractivity contribution in [3.05, 3.63) is 94.6 Å². The zero-order valence-electron chi connectivity index (χ0n) is 38.1. The van der Waals surface area contributed by atoms with E-state index in [1.807, 2.05) is 55.4 Å². The first-order chi connectivity index (χ1) is 31.5. The van der Waals surface area contributed by atoms with Crippen LogP contribution < -0.4 is 41.8 Å². The summed E-state index contributed by atoms with van der Waals surface area (Å²) in [6, 6.07) is 9.77. The first-order valence-corrected chi connectivity index (χ1v) is 21.6. The van der Waals surface area contributed by atoms with Crippen molar-refractivity contribution in [3.8, 4) is 11.5 Å². The van der Waals surface area contributed by atoms with Crippen molar-refractivity contribution in [3.63, 3.8) is 0 Å². The summed E-state index contributed by atoms with van der Waals surface area (Å²) in [6.45, 7) is 14.8. The van der Waals surface area contributed by atoms with Gasteiger partial charge in [0, 0.05) is 37.3 Å². The second kappa shape index (κ2) is 23.5. The van der Waals surface area contributed by atoms with Crippen LogP contribution in [0, 0.1) is 19.8 Å². The summed E-state index contributed by atoms with van der Waals surface area (Å²) in [5.41, 5.74) is 14.6. The van der Waals surface area contributed by atoms with Gasteiger partial charge < -0.3 is 41.0 Å². The number of fused-ring (bicyclic) bond motifs is 1. The number of anilines is 2. The van der Waals surface area contributed by atoms with Crippen LogP contribution in [-0.2, 0) is 19.6 Å². The van der Waals surface area contributed by atoms with E-state index < -0.39 is 11.8 Å². The lowest BCUT2D eigenvalue weighted by Crippen LogP contribution is -2.39. The number of nitrogens with zero attached hydrogens (tertiary/aromatic N) is 8. The number of aromatic nitrogens is 6. The van der Waals surface area contributed by atoms with Gasteiger partial charge in [-0.2, -0.15) is 10.2 Å². The molecule has 19 nitrogen and oxygen atoms in total. The van der Waals surface area contributed by atoms with Crippen molar-refractivity contribution in [2.75, 3.05) is 57.3 Å². The minimum absolute atomic E-state index is 0.0105. The highest BCUT2D eigenvalue weighted by atomic mass is 16.5. The summed E-state index contributed by atoms with van der Waals surface area (Å²) < 4.78 is 17.1. The largest absolute Gasteiger partial charge is 0.494 e. The zero-order chi connectivity index (χ0) is 47.0. The normalized spacial score (nSPS) is 12.8. The van der Waals surface area contributed by atoms with Gasteiger partial charge in [-0.05, 0) is 116 Å². The molecule has 5 aromatic rings. The van der Waals surface area contributed by atoms with Crippen LogP contribution in [0.1, 0.15) is 86.2 Å². The standard InChI is InChI=1S/C45H56N12O6.CH5N/c1-7-56-36(21-29(3)52-56)43(60)49-28-54(40-34(47-5)25-33(42(46)59)26-38(40)62-6)18-10-11-19-55-41-35(50-45(55)51-44(61)37-22-30(4)53-57(37)8-2)23-32(27-58)24-39(41)63-20-12-9-13-31-14-16-48-17-15-31;1-2/h9-12,21-27,31,48H,5,7-8,13-20,28H2,1-4,6H3,(H2,46,59)(H,49,60)(H,50,51,61);2H2,1H3/b11-10+,12-9+;. The Bertz CT molecular complexity index is 2530. The van der Waals surface area contributed by atoms with Gasteiger partial charge >= 0.3 is 0 Å². The van der Waals surface area contributed by atoms with Crippen LogP contribution in [0.5, 0.6) is 11.5 Å². The highest BCUT2D eigenvalue weighted by Crippen LogP contribution is 2.39. The Morgan fingerprint density at radius 1 is 0.938 bits per heavy atom. The Morgan fingerprint density at radius 2 is 1.62 bits per heavy atom. The molecule has 1 aliphatic heterocycles. The Hall–Kier alpha value is -7.12. The number of hydrogen-bond acceptors (Lipinski definition) is 13. The van der Waals surface area contributed by atoms with Crippen LogP contribution in [0.15, 0.2) is 65.7 Å². The maximum absolute atomic E-state index is 13.8. The molecule has 0 aliphatic carbocycles. The number of piperidine rings is 1. The lowest BCUT2D eigenvalue weighted by atomic mass is 9.95. The summed E-state index contributed by atoms with van der Waals surface area (Å²) in [4.78, 5) is 62.5. The number of nitrogens with one attached hydrogen (secondary N) is 3. The first-order valence-electron chi connectivity index (χ1n) is 21.6. The molecule has 1 saturated heterocycles. The number of carbonyl (C=O) groups excluding carboxylic acids is 4. The number of rotatable bonds is 21. The molecule has 346 valence electrons. The molecule has 0 saturated carbocycles. The van der Waals surface area contributed by atoms with Gasteiger partial charge in [0.25, 0.3) is 11.8 Å². The SMILES string of the molecule is C=Nc1cc(C(N)=O)cc(OC)c1N(C/C=C/Cn1c(NC(=O)c2cc(C)nn2CC)nc2cc(C=O)cc(OC/C=C/CC3CCNCC3)c21)CNC(=O)c1cc(C)nn1CC.CN. The molecule has 0 bridgehead atoms. The molecule has 19 heteroatoms. The van der Waals surface area contributed by atoms with Crippen molar-refractivity contribution in [1.29, 1.82) is 0 Å². The highest BCUT2D eigenvalue weighted by Gasteiger charge is 2.23. The van der Waals surface area contributed by atoms with E-state index in [-0.39, 0.29) is 49.5 Å². The fourth-order valence-corrected chi connectivity index (χ4v) is 7.62. The molecular formula is C46H61N13O6. The summed E-state index contributed by atoms with van der Waals surface area (Å²) in [6.07, 6.45) is 11.8. The zero-order valence-corrected chi connectivity index (χ0v) is 38.1. The van der Waals surface area contributed by atoms with Gasteiger partial charge in [-0.15, -0.1) is 0 Å². The van der Waals surface area contributed by atoms with Crippen molar-refractivity contribution < 1.29 is 28.7 Å². The van der Waals surface area contributed by atoms with Gasteiger partial charge in [-0.3, -0.25) is 38.9 Å². The molecule has 65 heavy (non-hydrogen) atoms. The molecule has 3 aromatic heterocycles. The number of allylic oxidation sites excluding steroid dienone is 2. The number of methoxy groups -OCH3 is 1. The molecule has 1 fully saturated rings. The smallest absolute Gasteiger partial charge is 0.276 e. The van der Waals surface area contributed by atoms with E-state index in [0.717, 1.165) is 38.6 Å². The summed E-state index contributed by atoms with van der Waals surface area (Å²) in [5.74, 6) is 0.130. The molecule has 6 rings (SSSR count). The average Bonchev–Trinajstić information content (AvgIpc) is 4.02. The Labute approximate surface area is 378 Å². The second-order valence-corrected chi connectivity index (χ2v) is 15.1. The number of ether oxygens (including phenoxy) is 2. The lowest BCUT2D eigenvalue weighted by Gasteiger charge is -2.27. The van der Waals surface area contributed by atoms with Gasteiger partial charge in [0.2, 0.25) is 11.9 Å². The van der Waals surface area contributed by atoms with E-state index in [1.165, 1.54) is 26.3 Å². The third-order valence-corrected chi connectivity index (χ3v) is 10.7. The predicted octanol–water partition coefficient (Wildman–Crippen LogP) is 4.94. The van der Waals surface area contributed by atoms with Crippen LogP contribution >= 0.6 is 0 Å². The molecule has 0 atom stereocenters. The molecule has 2 aromatic carbocycles. The van der Waals surface area contributed by atoms with E-state index in [2.05, 4.69) is 49.7 Å². The fraction of sp³-hybridized carbons (Fsp3) is 0.391. The van der Waals surface area contributed by atoms with E-state index in [1.54, 1.807) is 33.6 Å². The van der Waals surface area contributed by atoms with Gasteiger partial charge in [0.1, 0.15) is 47.0 Å². The van der Waals surface area contributed by atoms with Crippen molar-refractivity contribution in [2.24, 2.45) is 22.4 Å². The first kappa shape index (κ1) is 48.9. The number of imidazole rings is 1. The third-order valence-electron chi connectivity index (χ3n) is 10.7. The van der Waals surface area contributed by atoms with Crippen LogP contribution in [0.3, 0.4) is 0 Å². The maximum atomic E-state index is 13.8. The average molecular weight is 892 g/mol. The predicted molar refractivity (Wildman–Crippen MR) is 253 cm³/mol. The molecule has 4 heterocycles. The van der Waals surface area contributed by atoms with Crippen LogP contribution in [0.2, 0.25) is 0 Å². The van der Waals surface area contributed by atoms with E-state index in [4.69, 9.17) is 20.2 Å². The van der Waals surface area contributed by atoms with Gasteiger partial charge in [0.15, 0.2) is 0 Å². The summed E-state index contributed by atoms with van der Waals surface area (Å²) >= 11 is 0. The number of hydrogen-bond donors (Lipinski definition) is 5. The Kier molecular flexibility index (Phi) is 17.7. The quantitative estimate of drug-likeness (QED) is 0.0285. The molecule has 0 radical (unpaired) electrons. The van der Waals surface area contributed by atoms with E-state index in [0.29, 0.717) is 75.5 Å². The van der Waals surface area contributed by atoms with Crippen LogP contribution in [-0.4, -0.2) is 107 Å². The number of primary amides is 1. The number of aliphatic imine (C=N–C) groups is 1. The summed E-state index contributed by atoms with van der Waals surface area (Å²) in [7, 11) is 2.96. The minimum atomic E-state index is -0.672. The fourth-order valence-electron chi connectivity index (χ4n) is 7.62. The van der Waals surface area contributed by atoms with Gasteiger partial charge in [-0.1, -0.05) is 24.3 Å². The minimum Gasteiger partial charge on any atom is -0.494 e. The van der Waals surface area contributed by atoms with Gasteiger partial charge in [0.05, 0.1) is 36.4 Å². The molecule has 3 amide bonds. The molecule has 7 N–H and O–H groups in total. The number of nitrogens with two attached hydrogens (primary N) is 2. The number of aryl methyl sites for hydroxylation is 4. The van der Waals surface area contributed by atoms with Crippen molar-refractivity contribution in [2.45, 2.75) is 66.6 Å². The van der Waals surface area contributed by atoms with E-state index >= 15 is 0 Å². The van der Waals surface area contributed by atoms with Gasteiger partial charge in [-0.25, -0.2) is 4.98 Å². The Morgan fingerprint density at radius 3 is 2.23 bits per heavy atom. The van der Waals surface area contributed by atoms with Crippen LogP contribution in [0.25, 0.3) is 11.0 Å². The monoisotopic (exact) mass is 891 g/mol. The number of aldehydes is 1. The second-order valence-electron chi connectivity index (χ2n) is 15.1. The third kappa shape index (κ3) is 12.1. The van der Waals surface area contributed by atoms with Crippen LogP contribution in [0.4, 0.5) is 17.3 Å². The Balaban J connectivity index is 0.00000391. The molecular weight excluding hydrogens is 831 g/mol. The highest BCUT2D eigenvalue weighted by molar-refractivity contribution is 6.03. The number of benzene rings is 2. The van der Waals surface area contributed by atoms with E-state index in [9.17, 15) is 19.2 Å². The summed E-state index contributed by atoms with van der Waals surface area (Å²) in [5, 5.41) is 18.2. The number of amides is 3.